The van der Waals surface area contributed by atoms with Gasteiger partial charge in [0.25, 0.3) is 0 Å². The highest BCUT2D eigenvalue weighted by Crippen LogP contribution is 2.19. The molecular formula is C21H27N3O. The summed E-state index contributed by atoms with van der Waals surface area (Å²) >= 11 is 0. The third-order valence-electron chi connectivity index (χ3n) is 4.97. The van der Waals surface area contributed by atoms with Crippen molar-refractivity contribution in [3.8, 4) is 0 Å². The van der Waals surface area contributed by atoms with Crippen LogP contribution in [0, 0.1) is 5.92 Å². The molecule has 2 aromatic rings. The van der Waals surface area contributed by atoms with E-state index in [2.05, 4.69) is 47.5 Å². The molecule has 2 atom stereocenters. The zero-order valence-corrected chi connectivity index (χ0v) is 14.8. The second-order valence-corrected chi connectivity index (χ2v) is 7.03. The zero-order chi connectivity index (χ0) is 17.6. The Hall–Kier alpha value is -2.17. The van der Waals surface area contributed by atoms with Crippen LogP contribution in [0.2, 0.25) is 0 Å². The van der Waals surface area contributed by atoms with Crippen molar-refractivity contribution in [1.82, 2.24) is 10.2 Å². The van der Waals surface area contributed by atoms with Crippen LogP contribution in [0.5, 0.6) is 0 Å². The molecule has 1 saturated heterocycles. The van der Waals surface area contributed by atoms with E-state index in [1.165, 1.54) is 5.56 Å². The van der Waals surface area contributed by atoms with Crippen molar-refractivity contribution in [2.75, 3.05) is 19.6 Å². The van der Waals surface area contributed by atoms with Crippen LogP contribution in [0.25, 0.3) is 0 Å². The zero-order valence-electron chi connectivity index (χ0n) is 14.8. The number of nitrogens with two attached hydrogens (primary N) is 1. The summed E-state index contributed by atoms with van der Waals surface area (Å²) < 4.78 is 0. The Bertz CT molecular complexity index is 701. The number of hydrogen-bond acceptors (Lipinski definition) is 3. The smallest absolute Gasteiger partial charge is 0.248 e. The van der Waals surface area contributed by atoms with E-state index in [1.54, 1.807) is 6.07 Å². The first-order valence-electron chi connectivity index (χ1n) is 9.00. The molecule has 0 bridgehead atoms. The van der Waals surface area contributed by atoms with Crippen molar-refractivity contribution in [2.24, 2.45) is 11.7 Å². The van der Waals surface area contributed by atoms with Crippen LogP contribution in [-0.2, 0) is 13.0 Å². The first kappa shape index (κ1) is 17.6. The molecule has 1 heterocycles. The van der Waals surface area contributed by atoms with E-state index in [-0.39, 0.29) is 5.91 Å². The standard InChI is InChI=1S/C21H27N3O/c1-16-13-24(14-18-6-3-2-4-7-18)15-20(16)23-11-10-17-8-5-9-19(12-17)21(22)25/h2-9,12,16,20,23H,10-11,13-15H2,1H3,(H2,22,25). The van der Waals surface area contributed by atoms with Crippen LogP contribution in [-0.4, -0.2) is 36.5 Å². The van der Waals surface area contributed by atoms with Crippen LogP contribution in [0.1, 0.15) is 28.4 Å². The van der Waals surface area contributed by atoms with Gasteiger partial charge in [-0.15, -0.1) is 0 Å². The molecule has 0 saturated carbocycles. The van der Waals surface area contributed by atoms with E-state index in [0.29, 0.717) is 17.5 Å². The van der Waals surface area contributed by atoms with Gasteiger partial charge < -0.3 is 11.1 Å². The highest BCUT2D eigenvalue weighted by Gasteiger charge is 2.28. The van der Waals surface area contributed by atoms with Crippen molar-refractivity contribution in [3.05, 3.63) is 71.3 Å². The summed E-state index contributed by atoms with van der Waals surface area (Å²) in [5.74, 6) is 0.274. The van der Waals surface area contributed by atoms with Crippen LogP contribution in [0.15, 0.2) is 54.6 Å². The van der Waals surface area contributed by atoms with Gasteiger partial charge in [0.15, 0.2) is 0 Å². The normalized spacial score (nSPS) is 20.7. The minimum Gasteiger partial charge on any atom is -0.366 e. The average Bonchev–Trinajstić information content (AvgIpc) is 2.95. The van der Waals surface area contributed by atoms with Crippen molar-refractivity contribution < 1.29 is 4.79 Å². The molecule has 25 heavy (non-hydrogen) atoms. The molecule has 4 nitrogen and oxygen atoms in total. The van der Waals surface area contributed by atoms with Crippen molar-refractivity contribution in [3.63, 3.8) is 0 Å². The predicted molar refractivity (Wildman–Crippen MR) is 101 cm³/mol. The lowest BCUT2D eigenvalue weighted by Crippen LogP contribution is -2.36. The summed E-state index contributed by atoms with van der Waals surface area (Å²) in [4.78, 5) is 13.8. The van der Waals surface area contributed by atoms with E-state index in [9.17, 15) is 4.79 Å². The van der Waals surface area contributed by atoms with Gasteiger partial charge in [-0.25, -0.2) is 0 Å². The first-order valence-corrected chi connectivity index (χ1v) is 9.00. The van der Waals surface area contributed by atoms with Gasteiger partial charge in [0.05, 0.1) is 0 Å². The van der Waals surface area contributed by atoms with Crippen LogP contribution in [0.3, 0.4) is 0 Å². The van der Waals surface area contributed by atoms with E-state index in [1.807, 2.05) is 18.2 Å². The van der Waals surface area contributed by atoms with Crippen molar-refractivity contribution >= 4 is 5.91 Å². The van der Waals surface area contributed by atoms with E-state index in [0.717, 1.165) is 38.2 Å². The number of carbonyl (C=O) groups excluding carboxylic acids is 1. The minimum absolute atomic E-state index is 0.365. The lowest BCUT2D eigenvalue weighted by atomic mass is 10.1. The van der Waals surface area contributed by atoms with Gasteiger partial charge >= 0.3 is 0 Å². The second kappa shape index (κ2) is 8.28. The molecule has 3 N–H and O–H groups in total. The van der Waals surface area contributed by atoms with E-state index in [4.69, 9.17) is 5.73 Å². The second-order valence-electron chi connectivity index (χ2n) is 7.03. The summed E-state index contributed by atoms with van der Waals surface area (Å²) in [6.07, 6.45) is 0.906. The molecule has 0 spiro atoms. The van der Waals surface area contributed by atoms with Gasteiger partial charge in [0.2, 0.25) is 5.91 Å². The molecular weight excluding hydrogens is 310 g/mol. The molecule has 1 fully saturated rings. The lowest BCUT2D eigenvalue weighted by molar-refractivity contribution is 0.1000. The Morgan fingerprint density at radius 1 is 1.12 bits per heavy atom. The first-order chi connectivity index (χ1) is 12.1. The van der Waals surface area contributed by atoms with Crippen molar-refractivity contribution in [1.29, 1.82) is 0 Å². The maximum Gasteiger partial charge on any atom is 0.248 e. The van der Waals surface area contributed by atoms with Gasteiger partial charge in [0, 0.05) is 31.2 Å². The summed E-state index contributed by atoms with van der Waals surface area (Å²) in [5, 5.41) is 3.69. The quantitative estimate of drug-likeness (QED) is 0.816. The number of primary amides is 1. The molecule has 2 unspecified atom stereocenters. The van der Waals surface area contributed by atoms with Gasteiger partial charge in [-0.1, -0.05) is 49.4 Å². The number of rotatable bonds is 7. The van der Waals surface area contributed by atoms with Gasteiger partial charge in [-0.05, 0) is 42.1 Å². The largest absolute Gasteiger partial charge is 0.366 e. The summed E-state index contributed by atoms with van der Waals surface area (Å²) in [7, 11) is 0. The van der Waals surface area contributed by atoms with Gasteiger partial charge in [-0.2, -0.15) is 0 Å². The Morgan fingerprint density at radius 3 is 2.64 bits per heavy atom. The number of benzene rings is 2. The maximum absolute atomic E-state index is 11.3. The van der Waals surface area contributed by atoms with E-state index < -0.39 is 0 Å². The number of amides is 1. The molecule has 3 rings (SSSR count). The number of nitrogens with one attached hydrogen (secondary N) is 1. The average molecular weight is 337 g/mol. The third-order valence-corrected chi connectivity index (χ3v) is 4.97. The summed E-state index contributed by atoms with van der Waals surface area (Å²) in [5.41, 5.74) is 8.45. The molecule has 0 radical (unpaired) electrons. The predicted octanol–water partition coefficient (Wildman–Crippen LogP) is 2.44. The minimum atomic E-state index is -0.365. The maximum atomic E-state index is 11.3. The number of nitrogens with zero attached hydrogens (tertiary/aromatic N) is 1. The SMILES string of the molecule is CC1CN(Cc2ccccc2)CC1NCCc1cccc(C(N)=O)c1. The van der Waals surface area contributed by atoms with Gasteiger partial charge in [-0.3, -0.25) is 9.69 Å². The summed E-state index contributed by atoms with van der Waals surface area (Å²) in [6.45, 7) is 6.46. The molecule has 1 aliphatic heterocycles. The highest BCUT2D eigenvalue weighted by molar-refractivity contribution is 5.92. The summed E-state index contributed by atoms with van der Waals surface area (Å²) in [6, 6.07) is 18.8. The molecule has 1 aliphatic rings. The Kier molecular flexibility index (Phi) is 5.84. The van der Waals surface area contributed by atoms with Crippen LogP contribution < -0.4 is 11.1 Å². The fourth-order valence-electron chi connectivity index (χ4n) is 3.59. The van der Waals surface area contributed by atoms with Crippen LogP contribution in [0.4, 0.5) is 0 Å². The molecule has 4 heteroatoms. The Balaban J connectivity index is 1.47. The fourth-order valence-corrected chi connectivity index (χ4v) is 3.59. The number of hydrogen-bond donors (Lipinski definition) is 2. The van der Waals surface area contributed by atoms with E-state index >= 15 is 0 Å². The Labute approximate surface area is 150 Å². The number of carbonyl (C=O) groups is 1. The molecule has 2 aromatic carbocycles. The molecule has 0 aliphatic carbocycles. The lowest BCUT2D eigenvalue weighted by Gasteiger charge is -2.17. The third kappa shape index (κ3) is 4.91. The monoisotopic (exact) mass is 337 g/mol. The number of likely N-dealkylation sites (tertiary alicyclic amines) is 1. The van der Waals surface area contributed by atoms with Gasteiger partial charge in [0.1, 0.15) is 0 Å². The van der Waals surface area contributed by atoms with Crippen molar-refractivity contribution in [2.45, 2.75) is 25.9 Å². The Morgan fingerprint density at radius 2 is 1.88 bits per heavy atom. The molecule has 132 valence electrons. The molecule has 1 amide bonds. The highest BCUT2D eigenvalue weighted by atomic mass is 16.1. The van der Waals surface area contributed by atoms with Crippen LogP contribution >= 0.6 is 0 Å². The topological polar surface area (TPSA) is 58.4 Å². The fraction of sp³-hybridized carbons (Fsp3) is 0.381. The molecule has 0 aromatic heterocycles.